The van der Waals surface area contributed by atoms with Crippen LogP contribution in [0, 0.1) is 0 Å². The standard InChI is InChI=1S/C4H2F4O3.C4H10O.C2H4F2O.BH4.Na/c5-1(6)3(9)11-4(10)2(7)8;1-3-5-4-2;3-2(4)1-5;;/h1-2H;3-4H2,1-2H3;2,5H,1H2;1H4;/q;;;-1;+1/i;;1D2;1D4;. The normalized spacial score (nSPS) is 13.6. The number of alkyl halides is 6. The molecule has 0 fully saturated rings. The summed E-state index contributed by atoms with van der Waals surface area (Å²) >= 11 is 0. The molecule has 0 aliphatic rings. The molecule has 0 radical (unpaired) electrons. The molecule has 0 heterocycles. The number of ether oxygens (including phenoxy) is 2. The van der Waals surface area contributed by atoms with Crippen molar-refractivity contribution >= 4 is 20.2 Å². The number of aliphatic hydroxyl groups is 1. The van der Waals surface area contributed by atoms with E-state index in [-0.39, 0.29) is 29.6 Å². The van der Waals surface area contributed by atoms with E-state index < -0.39 is 46.0 Å². The Kier molecular flexibility index (Phi) is 19.8. The van der Waals surface area contributed by atoms with E-state index in [0.717, 1.165) is 13.2 Å². The molecule has 0 aromatic heterocycles. The Bertz CT molecular complexity index is 392. The Balaban J connectivity index is -0.0000000929. The van der Waals surface area contributed by atoms with E-state index in [2.05, 4.69) is 4.74 Å². The topological polar surface area (TPSA) is 72.8 Å². The van der Waals surface area contributed by atoms with Crippen molar-refractivity contribution in [2.24, 2.45) is 0 Å². The van der Waals surface area contributed by atoms with Crippen molar-refractivity contribution < 1.29 is 82.8 Å². The van der Waals surface area contributed by atoms with Crippen LogP contribution >= 0.6 is 0 Å². The first-order valence-corrected chi connectivity index (χ1v) is 5.21. The van der Waals surface area contributed by atoms with E-state index in [0.29, 0.717) is 0 Å². The quantitative estimate of drug-likeness (QED) is 0.248. The molecule has 0 spiro atoms. The summed E-state index contributed by atoms with van der Waals surface area (Å²) in [6.07, 6.45) is -10.5. The molecule has 0 aliphatic heterocycles. The summed E-state index contributed by atoms with van der Waals surface area (Å²) in [5, 5.41) is 7.68. The number of carbonyl (C=O) groups excluding carboxylic acids is 2. The number of carbonyl (C=O) groups is 2. The number of halogens is 6. The van der Waals surface area contributed by atoms with Gasteiger partial charge in [-0.1, -0.05) is 8.27 Å². The summed E-state index contributed by atoms with van der Waals surface area (Å²) in [5.41, 5.74) is 0. The minimum Gasteiger partial charge on any atom is -0.390 e. The maximum absolute atomic E-state index is 11.2. The van der Waals surface area contributed by atoms with Crippen molar-refractivity contribution in [2.45, 2.75) is 33.1 Å². The fourth-order valence-corrected chi connectivity index (χ4v) is 0.392. The number of hydrogen-bond donors (Lipinski definition) is 1. The van der Waals surface area contributed by atoms with Crippen LogP contribution < -0.4 is 29.6 Å². The van der Waals surface area contributed by atoms with Gasteiger partial charge in [-0.15, -0.1) is 0 Å². The molecule has 0 saturated carbocycles. The minimum atomic E-state index is -3.57. The maximum Gasteiger partial charge on any atom is 1.00 e. The summed E-state index contributed by atoms with van der Waals surface area (Å²) in [6.45, 7) is 2.33. The van der Waals surface area contributed by atoms with Gasteiger partial charge in [-0.2, -0.15) is 17.6 Å². The van der Waals surface area contributed by atoms with Gasteiger partial charge in [-0.25, -0.2) is 23.7 Å². The molecule has 0 saturated heterocycles. The van der Waals surface area contributed by atoms with Gasteiger partial charge in [0.2, 0.25) is 0 Å². The Morgan fingerprint density at radius 1 is 1.09 bits per heavy atom. The van der Waals surface area contributed by atoms with E-state index in [1.807, 2.05) is 13.8 Å². The van der Waals surface area contributed by atoms with Crippen LogP contribution in [0.5, 0.6) is 0 Å². The first kappa shape index (κ1) is 19.0. The second-order valence-corrected chi connectivity index (χ2v) is 2.55. The summed E-state index contributed by atoms with van der Waals surface area (Å²) in [7, 11) is -3.00. The third-order valence-electron chi connectivity index (χ3n) is 1.06. The molecular formula is C10H20BF6NaO5. The van der Waals surface area contributed by atoms with Crippen LogP contribution in [0.1, 0.15) is 16.6 Å². The fraction of sp³-hybridized carbons (Fsp3) is 0.800. The molecule has 0 aliphatic carbocycles. The van der Waals surface area contributed by atoms with E-state index in [4.69, 9.17) is 17.9 Å². The Hall–Kier alpha value is -0.295. The molecular weight excluding hydrogens is 348 g/mol. The smallest absolute Gasteiger partial charge is 0.390 e. The van der Waals surface area contributed by atoms with Crippen molar-refractivity contribution in [3.8, 4) is 0 Å². The molecule has 0 aromatic rings. The zero-order chi connectivity index (χ0) is 23.7. The summed E-state index contributed by atoms with van der Waals surface area (Å²) < 4.78 is 110. The third-order valence-corrected chi connectivity index (χ3v) is 1.06. The Morgan fingerprint density at radius 3 is 1.43 bits per heavy atom. The van der Waals surface area contributed by atoms with Gasteiger partial charge in [-0.05, 0) is 13.8 Å². The third kappa shape index (κ3) is 34.2. The van der Waals surface area contributed by atoms with Gasteiger partial charge in [0.15, 0.2) is 0 Å². The van der Waals surface area contributed by atoms with Gasteiger partial charge in [0.05, 0.1) is 2.74 Å². The van der Waals surface area contributed by atoms with Crippen LogP contribution in [-0.2, 0) is 19.1 Å². The van der Waals surface area contributed by atoms with Crippen molar-refractivity contribution in [1.29, 1.82) is 5.34 Å². The largest absolute Gasteiger partial charge is 1.00 e. The number of hydrogen-bond acceptors (Lipinski definition) is 5. The zero-order valence-corrected chi connectivity index (χ0v) is 14.6. The van der Waals surface area contributed by atoms with E-state index in [9.17, 15) is 35.9 Å². The van der Waals surface area contributed by atoms with Crippen molar-refractivity contribution in [1.82, 2.24) is 0 Å². The van der Waals surface area contributed by atoms with Gasteiger partial charge >= 0.3 is 54.3 Å². The van der Waals surface area contributed by atoms with Gasteiger partial charge in [-0.3, -0.25) is 0 Å². The van der Waals surface area contributed by atoms with Crippen molar-refractivity contribution in [3.63, 3.8) is 0 Å². The predicted octanol–water partition coefficient (Wildman–Crippen LogP) is -2.57. The van der Waals surface area contributed by atoms with E-state index in [1.165, 1.54) is 0 Å². The molecule has 0 amide bonds. The van der Waals surface area contributed by atoms with E-state index >= 15 is 0 Å². The van der Waals surface area contributed by atoms with Crippen LogP contribution in [0.25, 0.3) is 0 Å². The molecule has 0 aromatic carbocycles. The molecule has 0 unspecified atom stereocenters. The Labute approximate surface area is 161 Å². The summed E-state index contributed by atoms with van der Waals surface area (Å²) in [4.78, 5) is 19.5. The van der Waals surface area contributed by atoms with Crippen molar-refractivity contribution in [3.05, 3.63) is 0 Å². The minimum absolute atomic E-state index is 0. The van der Waals surface area contributed by atoms with Gasteiger partial charge in [0.25, 0.3) is 6.43 Å². The number of esters is 2. The van der Waals surface area contributed by atoms with E-state index in [1.54, 1.807) is 0 Å². The maximum atomic E-state index is 11.2. The van der Waals surface area contributed by atoms with Gasteiger partial charge < -0.3 is 14.6 Å². The molecule has 1 N–H and O–H groups in total. The molecule has 13 heteroatoms. The summed E-state index contributed by atoms with van der Waals surface area (Å²) in [5.74, 6) is -4.54. The Morgan fingerprint density at radius 2 is 1.35 bits per heavy atom. The zero-order valence-electron chi connectivity index (χ0n) is 18.6. The SMILES string of the molecule is CCOCC.O=C(OC(=O)C(F)F)C(F)F.[2H]C([2H])(O)C(F)F.[2H][B-]([2H])([2H])[2H].[Na+]. The average molecular weight is 374 g/mol. The van der Waals surface area contributed by atoms with Crippen LogP contribution in [0.2, 0.25) is 0 Å². The summed E-state index contributed by atoms with van der Waals surface area (Å²) in [6, 6.07) is 0. The molecule has 5 nitrogen and oxygen atoms in total. The second-order valence-electron chi connectivity index (χ2n) is 2.55. The monoisotopic (exact) mass is 374 g/mol. The molecule has 23 heavy (non-hydrogen) atoms. The molecule has 0 rings (SSSR count). The molecule has 0 atom stereocenters. The van der Waals surface area contributed by atoms with Crippen LogP contribution in [0.4, 0.5) is 26.3 Å². The molecule has 136 valence electrons. The first-order chi connectivity index (χ1) is 12.3. The van der Waals surface area contributed by atoms with Crippen molar-refractivity contribution in [2.75, 3.05) is 19.8 Å². The first-order valence-electron chi connectivity index (χ1n) is 8.52. The number of rotatable bonds is 5. The van der Waals surface area contributed by atoms with Gasteiger partial charge in [0.1, 0.15) is 6.56 Å². The second kappa shape index (κ2) is 24.0. The van der Waals surface area contributed by atoms with Crippen LogP contribution in [0.15, 0.2) is 0 Å². The average Bonchev–Trinajstić information content (AvgIpc) is 2.46. The fourth-order valence-electron chi connectivity index (χ4n) is 0.392. The van der Waals surface area contributed by atoms with Crippen LogP contribution in [0.3, 0.4) is 0 Å². The van der Waals surface area contributed by atoms with Crippen LogP contribution in [-0.4, -0.2) is 69.7 Å². The van der Waals surface area contributed by atoms with Gasteiger partial charge in [0, 0.05) is 13.2 Å². The molecule has 0 bridgehead atoms. The predicted molar refractivity (Wildman–Crippen MR) is 69.7 cm³/mol.